The first kappa shape index (κ1) is 20.6. The Balaban J connectivity index is 1.67. The maximum Gasteiger partial charge on any atom is 0.201 e. The third-order valence-electron chi connectivity index (χ3n) is 6.29. The van der Waals surface area contributed by atoms with Crippen molar-refractivity contribution in [2.45, 2.75) is 38.3 Å². The molecule has 4 heterocycles. The zero-order valence-corrected chi connectivity index (χ0v) is 18.9. The van der Waals surface area contributed by atoms with Crippen molar-refractivity contribution >= 4 is 17.0 Å². The van der Waals surface area contributed by atoms with Gasteiger partial charge in [0.05, 0.1) is 28.1 Å². The van der Waals surface area contributed by atoms with Crippen LogP contribution in [0.25, 0.3) is 22.2 Å². The Morgan fingerprint density at radius 1 is 1.03 bits per heavy atom. The lowest BCUT2D eigenvalue weighted by Gasteiger charge is -2.28. The number of aliphatic hydroxyl groups is 1. The normalized spacial score (nSPS) is 14.0. The quantitative estimate of drug-likeness (QED) is 0.348. The Morgan fingerprint density at radius 2 is 1.74 bits per heavy atom. The van der Waals surface area contributed by atoms with Crippen molar-refractivity contribution in [1.29, 1.82) is 0 Å². The Labute approximate surface area is 196 Å². The van der Waals surface area contributed by atoms with Gasteiger partial charge in [0, 0.05) is 29.6 Å². The largest absolute Gasteiger partial charge is 0.373 e. The molecule has 0 amide bonds. The third-order valence-corrected chi connectivity index (χ3v) is 6.29. The van der Waals surface area contributed by atoms with E-state index >= 15 is 0 Å². The molecule has 0 bridgehead atoms. The summed E-state index contributed by atoms with van der Waals surface area (Å²) >= 11 is 0. The fourth-order valence-electron chi connectivity index (χ4n) is 4.48. The van der Waals surface area contributed by atoms with E-state index in [1.807, 2.05) is 50.2 Å². The number of H-pyrrole nitrogens is 1. The second-order valence-corrected chi connectivity index (χ2v) is 8.76. The Bertz CT molecular complexity index is 1410. The van der Waals surface area contributed by atoms with Crippen molar-refractivity contribution in [3.05, 3.63) is 89.3 Å². The van der Waals surface area contributed by atoms with Crippen LogP contribution in [0, 0.1) is 13.8 Å². The van der Waals surface area contributed by atoms with Crippen molar-refractivity contribution in [2.24, 2.45) is 0 Å². The van der Waals surface area contributed by atoms with E-state index in [9.17, 15) is 5.11 Å². The number of nitrogens with zero attached hydrogens (tertiary/aromatic N) is 4. The highest BCUT2D eigenvalue weighted by Crippen LogP contribution is 2.41. The van der Waals surface area contributed by atoms with Crippen LogP contribution in [-0.2, 0) is 5.60 Å². The molecular weight excluding hydrogens is 428 g/mol. The van der Waals surface area contributed by atoms with E-state index in [-0.39, 0.29) is 0 Å². The van der Waals surface area contributed by atoms with E-state index in [4.69, 9.17) is 9.51 Å². The molecule has 1 aromatic carbocycles. The summed E-state index contributed by atoms with van der Waals surface area (Å²) in [5, 5.41) is 20.0. The molecule has 6 rings (SSSR count). The second-order valence-electron chi connectivity index (χ2n) is 8.76. The molecule has 1 aliphatic rings. The number of rotatable bonds is 6. The third kappa shape index (κ3) is 3.34. The number of anilines is 1. The number of pyridine rings is 2. The monoisotopic (exact) mass is 452 g/mol. The number of hydrogen-bond donors (Lipinski definition) is 3. The number of benzene rings is 1. The first-order valence-corrected chi connectivity index (χ1v) is 11.3. The van der Waals surface area contributed by atoms with Gasteiger partial charge >= 0.3 is 0 Å². The van der Waals surface area contributed by atoms with E-state index in [2.05, 4.69) is 25.4 Å². The van der Waals surface area contributed by atoms with E-state index in [1.54, 1.807) is 24.5 Å². The Morgan fingerprint density at radius 3 is 2.29 bits per heavy atom. The molecule has 8 nitrogen and oxygen atoms in total. The predicted octanol–water partition coefficient (Wildman–Crippen LogP) is 4.48. The molecule has 1 aliphatic carbocycles. The van der Waals surface area contributed by atoms with Crippen LogP contribution in [0.1, 0.15) is 41.2 Å². The van der Waals surface area contributed by atoms with Gasteiger partial charge in [-0.3, -0.25) is 9.97 Å². The van der Waals surface area contributed by atoms with Crippen molar-refractivity contribution in [2.75, 3.05) is 5.32 Å². The van der Waals surface area contributed by atoms with Gasteiger partial charge in [-0.25, -0.2) is 4.98 Å². The molecule has 0 spiro atoms. The summed E-state index contributed by atoms with van der Waals surface area (Å²) < 4.78 is 5.45. The van der Waals surface area contributed by atoms with Crippen molar-refractivity contribution in [3.63, 3.8) is 0 Å². The number of aromatic amines is 1. The van der Waals surface area contributed by atoms with Crippen molar-refractivity contribution in [3.8, 4) is 11.1 Å². The first-order valence-electron chi connectivity index (χ1n) is 11.3. The fraction of sp³-hybridized carbons (Fsp3) is 0.231. The molecular formula is C26H24N6O2. The molecule has 1 fully saturated rings. The number of nitrogens with one attached hydrogen (secondary N) is 2. The average Bonchev–Trinajstić information content (AvgIpc) is 3.49. The smallest absolute Gasteiger partial charge is 0.201 e. The topological polar surface area (TPSA) is 113 Å². The molecule has 34 heavy (non-hydrogen) atoms. The number of aryl methyl sites for hydroxylation is 2. The van der Waals surface area contributed by atoms with Gasteiger partial charge in [0.15, 0.2) is 5.60 Å². The van der Waals surface area contributed by atoms with Gasteiger partial charge in [0.2, 0.25) is 5.95 Å². The summed E-state index contributed by atoms with van der Waals surface area (Å²) in [7, 11) is 0. The summed E-state index contributed by atoms with van der Waals surface area (Å²) in [6, 6.07) is 15.4. The molecule has 5 aromatic rings. The SMILES string of the molecule is Cc1noc(C)c1-c1cc(C(O)(c2ccccn2)c2ccccn2)c2nc(NC3CC3)[nH]c2c1. The molecule has 0 atom stereocenters. The van der Waals surface area contributed by atoms with Crippen LogP contribution in [0.3, 0.4) is 0 Å². The lowest BCUT2D eigenvalue weighted by Crippen LogP contribution is -2.31. The second kappa shape index (κ2) is 7.78. The molecule has 4 aromatic heterocycles. The highest BCUT2D eigenvalue weighted by molar-refractivity contribution is 5.89. The van der Waals surface area contributed by atoms with Crippen molar-refractivity contribution < 1.29 is 9.63 Å². The van der Waals surface area contributed by atoms with Crippen LogP contribution in [-0.4, -0.2) is 36.2 Å². The predicted molar refractivity (Wildman–Crippen MR) is 128 cm³/mol. The van der Waals surface area contributed by atoms with Crippen LogP contribution in [0.5, 0.6) is 0 Å². The highest BCUT2D eigenvalue weighted by atomic mass is 16.5. The van der Waals surface area contributed by atoms with Gasteiger partial charge in [0.25, 0.3) is 0 Å². The van der Waals surface area contributed by atoms with Gasteiger partial charge in [-0.15, -0.1) is 0 Å². The Kier molecular flexibility index (Phi) is 4.70. The number of hydrogen-bond acceptors (Lipinski definition) is 7. The summed E-state index contributed by atoms with van der Waals surface area (Å²) in [5.41, 5.74) is 3.84. The summed E-state index contributed by atoms with van der Waals surface area (Å²) in [4.78, 5) is 17.3. The van der Waals surface area contributed by atoms with Crippen LogP contribution in [0.4, 0.5) is 5.95 Å². The van der Waals surface area contributed by atoms with Gasteiger partial charge in [-0.05, 0) is 68.7 Å². The number of aromatic nitrogens is 5. The lowest BCUT2D eigenvalue weighted by molar-refractivity contribution is 0.117. The number of fused-ring (bicyclic) bond motifs is 1. The number of imidazole rings is 1. The molecule has 1 saturated carbocycles. The van der Waals surface area contributed by atoms with E-state index < -0.39 is 5.60 Å². The highest BCUT2D eigenvalue weighted by Gasteiger charge is 2.40. The molecule has 8 heteroatoms. The van der Waals surface area contributed by atoms with Crippen molar-refractivity contribution in [1.82, 2.24) is 25.1 Å². The van der Waals surface area contributed by atoms with Gasteiger partial charge < -0.3 is 19.9 Å². The van der Waals surface area contributed by atoms with E-state index in [1.165, 1.54) is 0 Å². The zero-order chi connectivity index (χ0) is 23.3. The molecule has 0 saturated heterocycles. The van der Waals surface area contributed by atoms with Gasteiger partial charge in [-0.1, -0.05) is 17.3 Å². The summed E-state index contributed by atoms with van der Waals surface area (Å²) in [6.07, 6.45) is 5.59. The fourth-order valence-corrected chi connectivity index (χ4v) is 4.48. The standard InChI is InChI=1S/C26H24N6O2/c1-15-23(16(2)34-32-15)17-13-19(24-20(14-17)30-25(31-24)29-18-9-10-18)26(33,21-7-3-5-11-27-21)22-8-4-6-12-28-22/h3-8,11-14,18,33H,9-10H2,1-2H3,(H2,29,30,31). The van der Waals surface area contributed by atoms with Gasteiger partial charge in [-0.2, -0.15) is 0 Å². The molecule has 3 N–H and O–H groups in total. The molecule has 0 radical (unpaired) electrons. The van der Waals surface area contributed by atoms with Crippen LogP contribution >= 0.6 is 0 Å². The van der Waals surface area contributed by atoms with Gasteiger partial charge in [0.1, 0.15) is 5.76 Å². The summed E-state index contributed by atoms with van der Waals surface area (Å²) in [6.45, 7) is 3.79. The average molecular weight is 453 g/mol. The summed E-state index contributed by atoms with van der Waals surface area (Å²) in [5.74, 6) is 1.39. The first-order chi connectivity index (χ1) is 16.5. The van der Waals surface area contributed by atoms with Crippen LogP contribution in [0.2, 0.25) is 0 Å². The minimum absolute atomic E-state index is 0.427. The van der Waals surface area contributed by atoms with Crippen LogP contribution < -0.4 is 5.32 Å². The molecule has 0 aliphatic heterocycles. The van der Waals surface area contributed by atoms with E-state index in [0.29, 0.717) is 40.2 Å². The van der Waals surface area contributed by atoms with E-state index in [0.717, 1.165) is 35.2 Å². The zero-order valence-electron chi connectivity index (χ0n) is 18.9. The lowest BCUT2D eigenvalue weighted by atomic mass is 9.83. The Hall–Kier alpha value is -4.04. The minimum atomic E-state index is -1.64. The maximum atomic E-state index is 12.4. The maximum absolute atomic E-state index is 12.4. The molecule has 170 valence electrons. The van der Waals surface area contributed by atoms with Crippen LogP contribution in [0.15, 0.2) is 65.4 Å². The minimum Gasteiger partial charge on any atom is -0.373 e. The molecule has 0 unspecified atom stereocenters.